The first kappa shape index (κ1) is 28.9. The first-order valence-corrected chi connectivity index (χ1v) is 13.9. The summed E-state index contributed by atoms with van der Waals surface area (Å²) in [6, 6.07) is 15.0. The number of anilines is 1. The highest BCUT2D eigenvalue weighted by Gasteiger charge is 2.27. The van der Waals surface area contributed by atoms with Crippen LogP contribution < -0.4 is 10.2 Å². The number of carboxylic acid groups (broad SMARTS) is 1. The third-order valence-corrected chi connectivity index (χ3v) is 7.30. The molecule has 0 spiro atoms. The highest BCUT2D eigenvalue weighted by atomic mass is 19.1. The van der Waals surface area contributed by atoms with Crippen molar-refractivity contribution >= 4 is 28.7 Å². The molecule has 8 nitrogen and oxygen atoms in total. The molecule has 0 radical (unpaired) electrons. The minimum absolute atomic E-state index is 0.0599. The van der Waals surface area contributed by atoms with Gasteiger partial charge in [0.25, 0.3) is 0 Å². The lowest BCUT2D eigenvalue weighted by atomic mass is 9.94. The van der Waals surface area contributed by atoms with Crippen molar-refractivity contribution in [2.24, 2.45) is 0 Å². The number of ether oxygens (including phenoxy) is 1. The van der Waals surface area contributed by atoms with Gasteiger partial charge >= 0.3 is 12.1 Å². The zero-order chi connectivity index (χ0) is 30.2. The fraction of sp³-hybridized carbons (Fsp3) is 0.303. The summed E-state index contributed by atoms with van der Waals surface area (Å²) in [5, 5.41) is 24.0. The van der Waals surface area contributed by atoms with Crippen LogP contribution in [0.1, 0.15) is 49.5 Å². The van der Waals surface area contributed by atoms with Crippen LogP contribution in [0.2, 0.25) is 0 Å². The molecule has 1 saturated heterocycles. The number of hydrogen-bond acceptors (Lipinski definition) is 6. The fourth-order valence-corrected chi connectivity index (χ4v) is 5.46. The molecule has 218 valence electrons. The van der Waals surface area contributed by atoms with E-state index in [2.05, 4.69) is 15.2 Å². The SMILES string of the molecule is Cc1cc(F)cc(-c2cnc3ccc(-c4cccc(C(=O)O)c4O)cc3c2N2CCC(NC(=O)OC(C)(C)C)CC2)c1. The van der Waals surface area contributed by atoms with Crippen LogP contribution in [0.25, 0.3) is 33.2 Å². The number of alkyl carbamates (subject to hydrolysis) is 1. The molecule has 0 unspecified atom stereocenters. The molecule has 0 saturated carbocycles. The number of amides is 1. The van der Waals surface area contributed by atoms with Gasteiger partial charge < -0.3 is 25.2 Å². The molecule has 1 aliphatic heterocycles. The van der Waals surface area contributed by atoms with Crippen molar-refractivity contribution in [3.8, 4) is 28.0 Å². The Bertz CT molecular complexity index is 1650. The van der Waals surface area contributed by atoms with Gasteiger partial charge in [-0.25, -0.2) is 14.0 Å². The maximum atomic E-state index is 14.6. The smallest absolute Gasteiger partial charge is 0.407 e. The van der Waals surface area contributed by atoms with Gasteiger partial charge in [0.05, 0.1) is 11.2 Å². The summed E-state index contributed by atoms with van der Waals surface area (Å²) in [6.07, 6.45) is 2.65. The van der Waals surface area contributed by atoms with E-state index in [1.165, 1.54) is 18.2 Å². The van der Waals surface area contributed by atoms with Crippen molar-refractivity contribution in [3.05, 3.63) is 77.7 Å². The molecule has 4 aromatic rings. The quantitative estimate of drug-likeness (QED) is 0.239. The minimum atomic E-state index is -1.22. The summed E-state index contributed by atoms with van der Waals surface area (Å²) in [4.78, 5) is 30.9. The molecular formula is C33H34FN3O5. The Morgan fingerprint density at radius 2 is 1.76 bits per heavy atom. The van der Waals surface area contributed by atoms with Gasteiger partial charge in [-0.2, -0.15) is 0 Å². The number of nitrogens with zero attached hydrogens (tertiary/aromatic N) is 2. The number of rotatable bonds is 5. The Hall–Kier alpha value is -4.66. The first-order valence-electron chi connectivity index (χ1n) is 13.9. The number of aromatic carboxylic acids is 1. The predicted octanol–water partition coefficient (Wildman–Crippen LogP) is 6.91. The number of benzene rings is 3. The third-order valence-electron chi connectivity index (χ3n) is 7.30. The maximum Gasteiger partial charge on any atom is 0.407 e. The number of aromatic nitrogens is 1. The highest BCUT2D eigenvalue weighted by molar-refractivity contribution is 6.02. The fourth-order valence-electron chi connectivity index (χ4n) is 5.46. The topological polar surface area (TPSA) is 112 Å². The average molecular weight is 572 g/mol. The van der Waals surface area contributed by atoms with Crippen LogP contribution in [0.4, 0.5) is 14.9 Å². The number of nitrogens with one attached hydrogen (secondary N) is 1. The Balaban J connectivity index is 1.58. The second-order valence-corrected chi connectivity index (χ2v) is 11.7. The molecule has 2 heterocycles. The van der Waals surface area contributed by atoms with Crippen LogP contribution in [0.3, 0.4) is 0 Å². The highest BCUT2D eigenvalue weighted by Crippen LogP contribution is 2.41. The van der Waals surface area contributed by atoms with Crippen molar-refractivity contribution in [2.45, 2.75) is 52.2 Å². The number of aryl methyl sites for hydroxylation is 1. The van der Waals surface area contributed by atoms with Gasteiger partial charge in [-0.05, 0) is 87.6 Å². The number of para-hydroxylation sites is 1. The molecule has 5 rings (SSSR count). The number of phenols is 1. The molecule has 0 atom stereocenters. The molecule has 1 aromatic heterocycles. The summed E-state index contributed by atoms with van der Waals surface area (Å²) >= 11 is 0. The van der Waals surface area contributed by atoms with Gasteiger partial charge in [-0.1, -0.05) is 24.3 Å². The van der Waals surface area contributed by atoms with E-state index in [4.69, 9.17) is 4.74 Å². The standard InChI is InChI=1S/C33H34FN3O5/c1-19-14-21(16-22(34)15-19)27-18-35-28-9-8-20(24-6-5-7-25(30(24)38)31(39)40)17-26(28)29(27)37-12-10-23(11-13-37)36-32(41)42-33(2,3)4/h5-9,14-18,23,38H,10-13H2,1-4H3,(H,36,41)(H,39,40). The molecule has 3 N–H and O–H groups in total. The molecular weight excluding hydrogens is 537 g/mol. The molecule has 1 amide bonds. The number of pyridine rings is 1. The minimum Gasteiger partial charge on any atom is -0.506 e. The maximum absolute atomic E-state index is 14.6. The van der Waals surface area contributed by atoms with Crippen molar-refractivity contribution in [1.29, 1.82) is 0 Å². The number of piperidine rings is 1. The average Bonchev–Trinajstić information content (AvgIpc) is 2.91. The van der Waals surface area contributed by atoms with Crippen molar-refractivity contribution in [3.63, 3.8) is 0 Å². The number of halogens is 1. The summed E-state index contributed by atoms with van der Waals surface area (Å²) in [5.41, 5.74) is 4.01. The van der Waals surface area contributed by atoms with Crippen molar-refractivity contribution in [1.82, 2.24) is 10.3 Å². The lowest BCUT2D eigenvalue weighted by Crippen LogP contribution is -2.46. The van der Waals surface area contributed by atoms with E-state index in [1.54, 1.807) is 24.4 Å². The van der Waals surface area contributed by atoms with E-state index < -0.39 is 17.7 Å². The van der Waals surface area contributed by atoms with Crippen molar-refractivity contribution in [2.75, 3.05) is 18.0 Å². The zero-order valence-corrected chi connectivity index (χ0v) is 24.1. The molecule has 0 aliphatic carbocycles. The lowest BCUT2D eigenvalue weighted by molar-refractivity contribution is 0.0496. The van der Waals surface area contributed by atoms with E-state index >= 15 is 0 Å². The van der Waals surface area contributed by atoms with E-state index in [1.807, 2.05) is 45.9 Å². The van der Waals surface area contributed by atoms with E-state index in [0.29, 0.717) is 48.1 Å². The number of carboxylic acids is 1. The molecule has 0 bridgehead atoms. The van der Waals surface area contributed by atoms with Gasteiger partial charge in [0, 0.05) is 41.8 Å². The molecule has 9 heteroatoms. The van der Waals surface area contributed by atoms with Gasteiger partial charge in [0.2, 0.25) is 0 Å². The van der Waals surface area contributed by atoms with Gasteiger partial charge in [0.15, 0.2) is 0 Å². The Morgan fingerprint density at radius 3 is 2.43 bits per heavy atom. The number of aromatic hydroxyl groups is 1. The van der Waals surface area contributed by atoms with E-state index in [-0.39, 0.29) is 23.2 Å². The molecule has 3 aromatic carbocycles. The Kier molecular flexibility index (Phi) is 7.77. The van der Waals surface area contributed by atoms with Crippen LogP contribution in [-0.2, 0) is 4.74 Å². The normalized spacial score (nSPS) is 14.2. The van der Waals surface area contributed by atoms with E-state index in [9.17, 15) is 24.2 Å². The summed E-state index contributed by atoms with van der Waals surface area (Å²) in [7, 11) is 0. The summed E-state index contributed by atoms with van der Waals surface area (Å²) in [6.45, 7) is 8.54. The number of fused-ring (bicyclic) bond motifs is 1. The van der Waals surface area contributed by atoms with Crippen LogP contribution >= 0.6 is 0 Å². The number of carbonyl (C=O) groups is 2. The Morgan fingerprint density at radius 1 is 1.02 bits per heavy atom. The molecule has 42 heavy (non-hydrogen) atoms. The predicted molar refractivity (Wildman–Crippen MR) is 161 cm³/mol. The lowest BCUT2D eigenvalue weighted by Gasteiger charge is -2.36. The molecule has 1 fully saturated rings. The Labute approximate surface area is 243 Å². The summed E-state index contributed by atoms with van der Waals surface area (Å²) < 4.78 is 20.0. The monoisotopic (exact) mass is 571 g/mol. The molecule has 1 aliphatic rings. The van der Waals surface area contributed by atoms with Crippen LogP contribution in [-0.4, -0.2) is 52.0 Å². The first-order chi connectivity index (χ1) is 19.9. The van der Waals surface area contributed by atoms with Crippen LogP contribution in [0.15, 0.2) is 60.8 Å². The van der Waals surface area contributed by atoms with Gasteiger partial charge in [0.1, 0.15) is 22.7 Å². The largest absolute Gasteiger partial charge is 0.506 e. The summed E-state index contributed by atoms with van der Waals surface area (Å²) in [5.74, 6) is -1.88. The van der Waals surface area contributed by atoms with E-state index in [0.717, 1.165) is 22.2 Å². The van der Waals surface area contributed by atoms with Crippen molar-refractivity contribution < 1.29 is 28.9 Å². The number of carbonyl (C=O) groups excluding carboxylic acids is 1. The number of hydrogen-bond donors (Lipinski definition) is 3. The second kappa shape index (κ2) is 11.3. The zero-order valence-electron chi connectivity index (χ0n) is 24.1. The third kappa shape index (κ3) is 6.15. The van der Waals surface area contributed by atoms with Gasteiger partial charge in [-0.3, -0.25) is 4.98 Å². The van der Waals surface area contributed by atoms with Crippen LogP contribution in [0, 0.1) is 12.7 Å². The van der Waals surface area contributed by atoms with Gasteiger partial charge in [-0.15, -0.1) is 0 Å². The van der Waals surface area contributed by atoms with Crippen LogP contribution in [0.5, 0.6) is 5.75 Å². The second-order valence-electron chi connectivity index (χ2n) is 11.7.